The van der Waals surface area contributed by atoms with Crippen LogP contribution in [0.5, 0.6) is 0 Å². The van der Waals surface area contributed by atoms with Crippen LogP contribution in [-0.2, 0) is 26.8 Å². The standard InChI is InChI=1S/C18H19NO5S/c1-24-17(20)14-6-8-15(9-7-14)25(22,23)19-12-18(21)11-10-13-4-2-3-5-16(13)18/h2-9,19,21H,10-12H2,1H3. The maximum absolute atomic E-state index is 12.5. The quantitative estimate of drug-likeness (QED) is 0.789. The zero-order valence-electron chi connectivity index (χ0n) is 13.7. The molecule has 2 aromatic rings. The molecule has 1 aliphatic carbocycles. The van der Waals surface area contributed by atoms with Gasteiger partial charge >= 0.3 is 5.97 Å². The van der Waals surface area contributed by atoms with E-state index < -0.39 is 21.6 Å². The summed E-state index contributed by atoms with van der Waals surface area (Å²) in [5.74, 6) is -0.534. The molecule has 7 heteroatoms. The monoisotopic (exact) mass is 361 g/mol. The topological polar surface area (TPSA) is 92.7 Å². The number of fused-ring (bicyclic) bond motifs is 1. The molecule has 0 bridgehead atoms. The van der Waals surface area contributed by atoms with E-state index in [4.69, 9.17) is 0 Å². The molecular weight excluding hydrogens is 342 g/mol. The van der Waals surface area contributed by atoms with Crippen LogP contribution in [0, 0.1) is 0 Å². The van der Waals surface area contributed by atoms with E-state index in [9.17, 15) is 18.3 Å². The number of aryl methyl sites for hydroxylation is 1. The van der Waals surface area contributed by atoms with E-state index in [1.165, 1.54) is 31.4 Å². The van der Waals surface area contributed by atoms with Crippen molar-refractivity contribution in [2.24, 2.45) is 0 Å². The van der Waals surface area contributed by atoms with Crippen molar-refractivity contribution < 1.29 is 23.1 Å². The van der Waals surface area contributed by atoms with Gasteiger partial charge in [0.05, 0.1) is 17.6 Å². The summed E-state index contributed by atoms with van der Waals surface area (Å²) < 4.78 is 32.0. The predicted octanol–water partition coefficient (Wildman–Crippen LogP) is 1.59. The molecule has 0 spiro atoms. The average Bonchev–Trinajstić information content (AvgIpc) is 2.97. The lowest BCUT2D eigenvalue weighted by molar-refractivity contribution is 0.0442. The second-order valence-corrected chi connectivity index (χ2v) is 7.80. The lowest BCUT2D eigenvalue weighted by Crippen LogP contribution is -2.39. The zero-order chi connectivity index (χ0) is 18.1. The normalized spacial score (nSPS) is 19.4. The van der Waals surface area contributed by atoms with E-state index in [0.29, 0.717) is 12.8 Å². The minimum absolute atomic E-state index is 0.0232. The number of nitrogens with one attached hydrogen (secondary N) is 1. The van der Waals surface area contributed by atoms with E-state index in [1.54, 1.807) is 0 Å². The molecule has 0 amide bonds. The molecule has 0 fully saturated rings. The van der Waals surface area contributed by atoms with Gasteiger partial charge in [-0.25, -0.2) is 17.9 Å². The molecule has 6 nitrogen and oxygen atoms in total. The molecular formula is C18H19NO5S. The van der Waals surface area contributed by atoms with E-state index in [1.807, 2.05) is 24.3 Å². The Bertz CT molecular complexity index is 892. The number of carbonyl (C=O) groups excluding carboxylic acids is 1. The first kappa shape index (κ1) is 17.6. The Morgan fingerprint density at radius 1 is 1.20 bits per heavy atom. The number of rotatable bonds is 5. The Balaban J connectivity index is 1.75. The van der Waals surface area contributed by atoms with Crippen LogP contribution in [-0.4, -0.2) is 33.1 Å². The average molecular weight is 361 g/mol. The molecule has 2 aromatic carbocycles. The first-order chi connectivity index (χ1) is 11.9. The lowest BCUT2D eigenvalue weighted by atomic mass is 9.96. The summed E-state index contributed by atoms with van der Waals surface area (Å²) in [5.41, 5.74) is 0.852. The van der Waals surface area contributed by atoms with E-state index in [0.717, 1.165) is 11.1 Å². The van der Waals surface area contributed by atoms with Gasteiger partial charge in [0.15, 0.2) is 0 Å². The second-order valence-electron chi connectivity index (χ2n) is 6.03. The smallest absolute Gasteiger partial charge is 0.337 e. The van der Waals surface area contributed by atoms with Crippen molar-refractivity contribution >= 4 is 16.0 Å². The molecule has 1 atom stereocenters. The fourth-order valence-electron chi connectivity index (χ4n) is 3.04. The number of esters is 1. The van der Waals surface area contributed by atoms with Gasteiger partial charge in [-0.05, 0) is 48.2 Å². The molecule has 0 heterocycles. The number of methoxy groups -OCH3 is 1. The van der Waals surface area contributed by atoms with Crippen LogP contribution in [0.3, 0.4) is 0 Å². The Kier molecular flexibility index (Phi) is 4.64. The van der Waals surface area contributed by atoms with Gasteiger partial charge < -0.3 is 9.84 Å². The minimum Gasteiger partial charge on any atom is -0.465 e. The van der Waals surface area contributed by atoms with Gasteiger partial charge in [-0.1, -0.05) is 24.3 Å². The van der Waals surface area contributed by atoms with E-state index in [2.05, 4.69) is 9.46 Å². The molecule has 0 saturated carbocycles. The van der Waals surface area contributed by atoms with Crippen molar-refractivity contribution in [3.05, 3.63) is 65.2 Å². The van der Waals surface area contributed by atoms with E-state index >= 15 is 0 Å². The van der Waals surface area contributed by atoms with Crippen LogP contribution in [0.15, 0.2) is 53.4 Å². The summed E-state index contributed by atoms with van der Waals surface area (Å²) in [6, 6.07) is 12.9. The number of hydrogen-bond acceptors (Lipinski definition) is 5. The number of hydrogen-bond donors (Lipinski definition) is 2. The summed E-state index contributed by atoms with van der Waals surface area (Å²) >= 11 is 0. The molecule has 0 radical (unpaired) electrons. The molecule has 0 aromatic heterocycles. The van der Waals surface area contributed by atoms with Crippen LogP contribution in [0.2, 0.25) is 0 Å². The van der Waals surface area contributed by atoms with Crippen LogP contribution in [0.4, 0.5) is 0 Å². The highest BCUT2D eigenvalue weighted by Gasteiger charge is 2.37. The predicted molar refractivity (Wildman–Crippen MR) is 91.6 cm³/mol. The fraction of sp³-hybridized carbons (Fsp3) is 0.278. The Labute approximate surface area is 146 Å². The third-order valence-electron chi connectivity index (χ3n) is 4.47. The SMILES string of the molecule is COC(=O)c1ccc(S(=O)(=O)NCC2(O)CCc3ccccc32)cc1. The first-order valence-electron chi connectivity index (χ1n) is 7.84. The van der Waals surface area contributed by atoms with Gasteiger partial charge in [0, 0.05) is 6.54 Å². The van der Waals surface area contributed by atoms with Gasteiger partial charge in [-0.15, -0.1) is 0 Å². The molecule has 3 rings (SSSR count). The van der Waals surface area contributed by atoms with Crippen LogP contribution in [0.25, 0.3) is 0 Å². The highest BCUT2D eigenvalue weighted by atomic mass is 32.2. The van der Waals surface area contributed by atoms with Crippen molar-refractivity contribution in [3.63, 3.8) is 0 Å². The number of benzene rings is 2. The maximum atomic E-state index is 12.5. The van der Waals surface area contributed by atoms with Gasteiger partial charge in [0.25, 0.3) is 0 Å². The number of sulfonamides is 1. The Morgan fingerprint density at radius 3 is 2.56 bits per heavy atom. The van der Waals surface area contributed by atoms with Gasteiger partial charge in [-0.2, -0.15) is 0 Å². The Morgan fingerprint density at radius 2 is 1.88 bits per heavy atom. The van der Waals surface area contributed by atoms with Crippen LogP contribution in [0.1, 0.15) is 27.9 Å². The second kappa shape index (κ2) is 6.59. The number of ether oxygens (including phenoxy) is 1. The summed E-state index contributed by atoms with van der Waals surface area (Å²) in [6.45, 7) is -0.106. The molecule has 132 valence electrons. The third kappa shape index (κ3) is 3.44. The fourth-order valence-corrected chi connectivity index (χ4v) is 4.13. The largest absolute Gasteiger partial charge is 0.465 e. The lowest BCUT2D eigenvalue weighted by Gasteiger charge is -2.24. The highest BCUT2D eigenvalue weighted by Crippen LogP contribution is 2.36. The zero-order valence-corrected chi connectivity index (χ0v) is 14.5. The van der Waals surface area contributed by atoms with Crippen LogP contribution < -0.4 is 4.72 Å². The molecule has 0 aliphatic heterocycles. The van der Waals surface area contributed by atoms with Crippen LogP contribution >= 0.6 is 0 Å². The van der Waals surface area contributed by atoms with Crippen molar-refractivity contribution in [1.29, 1.82) is 0 Å². The molecule has 1 unspecified atom stereocenters. The van der Waals surface area contributed by atoms with Crippen molar-refractivity contribution in [1.82, 2.24) is 4.72 Å². The third-order valence-corrected chi connectivity index (χ3v) is 5.88. The summed E-state index contributed by atoms with van der Waals surface area (Å²) in [5, 5.41) is 10.8. The minimum atomic E-state index is -3.80. The van der Waals surface area contributed by atoms with E-state index in [-0.39, 0.29) is 17.0 Å². The van der Waals surface area contributed by atoms with Gasteiger partial charge in [-0.3, -0.25) is 0 Å². The molecule has 25 heavy (non-hydrogen) atoms. The van der Waals surface area contributed by atoms with Crippen molar-refractivity contribution in [3.8, 4) is 0 Å². The Hall–Kier alpha value is -2.22. The molecule has 1 aliphatic rings. The summed E-state index contributed by atoms with van der Waals surface area (Å²) in [6.07, 6.45) is 1.18. The molecule has 2 N–H and O–H groups in total. The maximum Gasteiger partial charge on any atom is 0.337 e. The number of aliphatic hydroxyl groups is 1. The summed E-state index contributed by atoms with van der Waals surface area (Å²) in [4.78, 5) is 11.4. The van der Waals surface area contributed by atoms with Gasteiger partial charge in [0.1, 0.15) is 5.60 Å². The molecule has 0 saturated heterocycles. The van der Waals surface area contributed by atoms with Crippen molar-refractivity contribution in [2.45, 2.75) is 23.3 Å². The van der Waals surface area contributed by atoms with Gasteiger partial charge in [0.2, 0.25) is 10.0 Å². The highest BCUT2D eigenvalue weighted by molar-refractivity contribution is 7.89. The number of carbonyl (C=O) groups is 1. The van der Waals surface area contributed by atoms with Crippen molar-refractivity contribution in [2.75, 3.05) is 13.7 Å². The summed E-state index contributed by atoms with van der Waals surface area (Å²) in [7, 11) is -2.54. The first-order valence-corrected chi connectivity index (χ1v) is 9.33.